The number of hydrogen-bond acceptors (Lipinski definition) is 8. The third-order valence-corrected chi connectivity index (χ3v) is 6.35. The molecule has 9 heteroatoms. The van der Waals surface area contributed by atoms with Gasteiger partial charge in [-0.15, -0.1) is 10.2 Å². The maximum absolute atomic E-state index is 12.3. The zero-order valence-electron chi connectivity index (χ0n) is 13.7. The third-order valence-electron chi connectivity index (χ3n) is 3.71. The van der Waals surface area contributed by atoms with E-state index >= 15 is 0 Å². The second-order valence-corrected chi connectivity index (χ2v) is 8.50. The van der Waals surface area contributed by atoms with Gasteiger partial charge in [-0.05, 0) is 47.0 Å². The van der Waals surface area contributed by atoms with Crippen molar-refractivity contribution in [2.75, 3.05) is 31.3 Å². The molecule has 0 amide bonds. The molecule has 1 aliphatic heterocycles. The van der Waals surface area contributed by atoms with Crippen LogP contribution in [0.15, 0.2) is 27.0 Å². The van der Waals surface area contributed by atoms with Crippen LogP contribution in [0.5, 0.6) is 5.75 Å². The summed E-state index contributed by atoms with van der Waals surface area (Å²) in [6, 6.07) is 5.32. The number of aromatic nitrogens is 2. The standard InChI is InChI=1S/C16H18BrN3O3S2/c1-22-14-5-4-10(7-12(14)17)13(21)9-24-16-20-19-15(25-16)18-8-11-3-2-6-23-11/h4-5,7,11H,2-3,6,8-9H2,1H3,(H,18,19)/t11-/m0/s1. The number of Topliss-reactive ketones (excluding diaryl/α,β-unsaturated/α-hetero) is 1. The van der Waals surface area contributed by atoms with Crippen molar-refractivity contribution in [3.8, 4) is 5.75 Å². The molecule has 1 aliphatic rings. The van der Waals surface area contributed by atoms with Gasteiger partial charge in [0.05, 0.1) is 23.4 Å². The summed E-state index contributed by atoms with van der Waals surface area (Å²) >= 11 is 6.25. The van der Waals surface area contributed by atoms with Gasteiger partial charge in [-0.1, -0.05) is 23.1 Å². The number of nitrogens with zero attached hydrogens (tertiary/aromatic N) is 2. The summed E-state index contributed by atoms with van der Waals surface area (Å²) in [6.45, 7) is 1.59. The number of rotatable bonds is 8. The van der Waals surface area contributed by atoms with Crippen molar-refractivity contribution in [1.29, 1.82) is 0 Å². The first kappa shape index (κ1) is 18.6. The summed E-state index contributed by atoms with van der Waals surface area (Å²) in [4.78, 5) is 12.3. The van der Waals surface area contributed by atoms with Crippen LogP contribution in [0.4, 0.5) is 5.13 Å². The van der Waals surface area contributed by atoms with Gasteiger partial charge in [0, 0.05) is 18.7 Å². The van der Waals surface area contributed by atoms with E-state index in [-0.39, 0.29) is 11.9 Å². The summed E-state index contributed by atoms with van der Waals surface area (Å²) in [5.41, 5.74) is 0.640. The van der Waals surface area contributed by atoms with E-state index in [1.54, 1.807) is 25.3 Å². The number of benzene rings is 1. The summed E-state index contributed by atoms with van der Waals surface area (Å²) in [7, 11) is 1.59. The fraction of sp³-hybridized carbons (Fsp3) is 0.438. The van der Waals surface area contributed by atoms with Crippen molar-refractivity contribution in [2.24, 2.45) is 0 Å². The Hall–Kier alpha value is -1.16. The van der Waals surface area contributed by atoms with E-state index in [1.807, 2.05) is 0 Å². The Bertz CT molecular complexity index is 735. The summed E-state index contributed by atoms with van der Waals surface area (Å²) in [5, 5.41) is 12.2. The van der Waals surface area contributed by atoms with Crippen LogP contribution in [0.1, 0.15) is 23.2 Å². The van der Waals surface area contributed by atoms with Crippen LogP contribution >= 0.6 is 39.0 Å². The van der Waals surface area contributed by atoms with E-state index in [9.17, 15) is 4.79 Å². The molecule has 25 heavy (non-hydrogen) atoms. The predicted molar refractivity (Wildman–Crippen MR) is 103 cm³/mol. The van der Waals surface area contributed by atoms with Crippen molar-refractivity contribution in [1.82, 2.24) is 10.2 Å². The van der Waals surface area contributed by atoms with Gasteiger partial charge in [-0.2, -0.15) is 0 Å². The number of carbonyl (C=O) groups excluding carboxylic acids is 1. The second-order valence-electron chi connectivity index (χ2n) is 5.45. The monoisotopic (exact) mass is 443 g/mol. The van der Waals surface area contributed by atoms with Crippen LogP contribution in [0, 0.1) is 0 Å². The summed E-state index contributed by atoms with van der Waals surface area (Å²) in [6.07, 6.45) is 2.46. The number of ether oxygens (including phenoxy) is 2. The van der Waals surface area contributed by atoms with E-state index in [0.717, 1.165) is 39.9 Å². The van der Waals surface area contributed by atoms with Crippen LogP contribution < -0.4 is 10.1 Å². The van der Waals surface area contributed by atoms with E-state index in [0.29, 0.717) is 17.1 Å². The first-order valence-corrected chi connectivity index (χ1v) is 10.4. The molecule has 0 aliphatic carbocycles. The van der Waals surface area contributed by atoms with Gasteiger partial charge in [0.2, 0.25) is 5.13 Å². The Morgan fingerprint density at radius 2 is 2.40 bits per heavy atom. The van der Waals surface area contributed by atoms with Gasteiger partial charge in [0.25, 0.3) is 0 Å². The number of methoxy groups -OCH3 is 1. The van der Waals surface area contributed by atoms with Gasteiger partial charge in [-0.3, -0.25) is 4.79 Å². The maximum atomic E-state index is 12.3. The van der Waals surface area contributed by atoms with Crippen LogP contribution in [0.3, 0.4) is 0 Å². The second kappa shape index (κ2) is 8.98. The Morgan fingerprint density at radius 3 is 3.12 bits per heavy atom. The highest BCUT2D eigenvalue weighted by atomic mass is 79.9. The molecular weight excluding hydrogens is 426 g/mol. The molecule has 1 atom stereocenters. The van der Waals surface area contributed by atoms with Crippen molar-refractivity contribution in [3.63, 3.8) is 0 Å². The lowest BCUT2D eigenvalue weighted by molar-refractivity contribution is 0.102. The first-order chi connectivity index (χ1) is 12.2. The highest BCUT2D eigenvalue weighted by molar-refractivity contribution is 9.10. The molecule has 1 fully saturated rings. The van der Waals surface area contributed by atoms with Crippen molar-refractivity contribution in [3.05, 3.63) is 28.2 Å². The molecule has 0 radical (unpaired) electrons. The molecule has 6 nitrogen and oxygen atoms in total. The predicted octanol–water partition coefficient (Wildman–Crippen LogP) is 3.88. The Kier molecular flexibility index (Phi) is 6.69. The first-order valence-electron chi connectivity index (χ1n) is 7.84. The van der Waals surface area contributed by atoms with Gasteiger partial charge in [-0.25, -0.2) is 0 Å². The van der Waals surface area contributed by atoms with Gasteiger partial charge < -0.3 is 14.8 Å². The Balaban J connectivity index is 1.49. The number of nitrogens with one attached hydrogen (secondary N) is 1. The van der Waals surface area contributed by atoms with Gasteiger partial charge >= 0.3 is 0 Å². The molecular formula is C16H18BrN3O3S2. The minimum Gasteiger partial charge on any atom is -0.496 e. The van der Waals surface area contributed by atoms with E-state index in [1.165, 1.54) is 23.1 Å². The Morgan fingerprint density at radius 1 is 1.52 bits per heavy atom. The van der Waals surface area contributed by atoms with Gasteiger partial charge in [0.15, 0.2) is 10.1 Å². The van der Waals surface area contributed by atoms with Crippen molar-refractivity contribution < 1.29 is 14.3 Å². The van der Waals surface area contributed by atoms with E-state index in [4.69, 9.17) is 9.47 Å². The number of halogens is 1. The van der Waals surface area contributed by atoms with Crippen LogP contribution in [0.25, 0.3) is 0 Å². The zero-order valence-corrected chi connectivity index (χ0v) is 16.9. The third kappa shape index (κ3) is 5.16. The number of thioether (sulfide) groups is 1. The van der Waals surface area contributed by atoms with E-state index in [2.05, 4.69) is 31.4 Å². The number of ketones is 1. The van der Waals surface area contributed by atoms with Crippen LogP contribution in [-0.4, -0.2) is 48.1 Å². The maximum Gasteiger partial charge on any atom is 0.206 e. The SMILES string of the molecule is COc1ccc(C(=O)CSc2nnc(NC[C@@H]3CCCO3)s2)cc1Br. The molecule has 0 bridgehead atoms. The summed E-state index contributed by atoms with van der Waals surface area (Å²) < 4.78 is 12.3. The fourth-order valence-corrected chi connectivity index (χ4v) is 4.59. The highest BCUT2D eigenvalue weighted by Crippen LogP contribution is 2.29. The molecule has 0 spiro atoms. The molecule has 1 N–H and O–H groups in total. The lowest BCUT2D eigenvalue weighted by Gasteiger charge is -2.08. The minimum absolute atomic E-state index is 0.0393. The molecule has 3 rings (SSSR count). The van der Waals surface area contributed by atoms with Crippen molar-refractivity contribution in [2.45, 2.75) is 23.3 Å². The van der Waals surface area contributed by atoms with Crippen molar-refractivity contribution >= 4 is 49.9 Å². The average Bonchev–Trinajstić information content (AvgIpc) is 3.29. The highest BCUT2D eigenvalue weighted by Gasteiger charge is 2.16. The number of carbonyl (C=O) groups is 1. The van der Waals surface area contributed by atoms with Gasteiger partial charge in [0.1, 0.15) is 5.75 Å². The van der Waals surface area contributed by atoms with E-state index < -0.39 is 0 Å². The Labute approximate surface area is 162 Å². The lowest BCUT2D eigenvalue weighted by Crippen LogP contribution is -2.18. The molecule has 1 aromatic carbocycles. The fourth-order valence-electron chi connectivity index (χ4n) is 2.40. The molecule has 2 aromatic rings. The smallest absolute Gasteiger partial charge is 0.206 e. The summed E-state index contributed by atoms with van der Waals surface area (Å²) in [5.74, 6) is 1.06. The number of hydrogen-bond donors (Lipinski definition) is 1. The molecule has 134 valence electrons. The largest absolute Gasteiger partial charge is 0.496 e. The molecule has 1 aromatic heterocycles. The molecule has 0 saturated carbocycles. The van der Waals surface area contributed by atoms with Crippen LogP contribution in [-0.2, 0) is 4.74 Å². The number of anilines is 1. The minimum atomic E-state index is 0.0393. The zero-order chi connectivity index (χ0) is 17.6. The quantitative estimate of drug-likeness (QED) is 0.490. The molecule has 2 heterocycles. The molecule has 1 saturated heterocycles. The molecule has 0 unspecified atom stereocenters. The van der Waals surface area contributed by atoms with Crippen LogP contribution in [0.2, 0.25) is 0 Å². The normalized spacial score (nSPS) is 16.8. The lowest BCUT2D eigenvalue weighted by atomic mass is 10.1. The average molecular weight is 444 g/mol. The topological polar surface area (TPSA) is 73.3 Å².